The number of morpholine rings is 1. The van der Waals surface area contributed by atoms with Gasteiger partial charge in [-0.2, -0.15) is 0 Å². The molecule has 0 bridgehead atoms. The molecule has 0 aliphatic carbocycles. The van der Waals surface area contributed by atoms with Crippen molar-refractivity contribution in [1.29, 1.82) is 0 Å². The molecule has 4 rings (SSSR count). The normalized spacial score (nSPS) is 17.3. The Morgan fingerprint density at radius 2 is 1.70 bits per heavy atom. The average molecular weight is 468 g/mol. The molecule has 1 saturated heterocycles. The van der Waals surface area contributed by atoms with Crippen LogP contribution >= 0.6 is 11.6 Å². The number of benzene rings is 2. The highest BCUT2D eigenvalue weighted by atomic mass is 35.5. The van der Waals surface area contributed by atoms with Gasteiger partial charge in [0, 0.05) is 36.9 Å². The van der Waals surface area contributed by atoms with E-state index in [2.05, 4.69) is 10.2 Å². The van der Waals surface area contributed by atoms with E-state index in [0.29, 0.717) is 28.5 Å². The van der Waals surface area contributed by atoms with Gasteiger partial charge in [-0.1, -0.05) is 41.4 Å². The number of hydrogen-bond donors (Lipinski definition) is 1. The quantitative estimate of drug-likeness (QED) is 0.619. The van der Waals surface area contributed by atoms with Crippen LogP contribution < -0.4 is 5.32 Å². The third-order valence-electron chi connectivity index (χ3n) is 6.22. The third kappa shape index (κ3) is 5.13. The summed E-state index contributed by atoms with van der Waals surface area (Å²) in [4.78, 5) is 30.6. The first kappa shape index (κ1) is 23.5. The fraction of sp³-hybridized carbons (Fsp3) is 0.385. The molecule has 33 heavy (non-hydrogen) atoms. The largest absolute Gasteiger partial charge is 0.379 e. The Morgan fingerprint density at radius 1 is 0.939 bits per heavy atom. The van der Waals surface area contributed by atoms with Crippen molar-refractivity contribution in [3.8, 4) is 0 Å². The highest BCUT2D eigenvalue weighted by Crippen LogP contribution is 2.33. The van der Waals surface area contributed by atoms with Crippen molar-refractivity contribution in [1.82, 2.24) is 9.80 Å². The van der Waals surface area contributed by atoms with Crippen LogP contribution in [-0.2, 0) is 14.3 Å². The molecule has 2 amide bonds. The number of carbonyl (C=O) groups excluding carboxylic acids is 2. The topological polar surface area (TPSA) is 61.9 Å². The summed E-state index contributed by atoms with van der Waals surface area (Å²) in [7, 11) is 0. The highest BCUT2D eigenvalue weighted by molar-refractivity contribution is 6.37. The zero-order valence-corrected chi connectivity index (χ0v) is 20.2. The van der Waals surface area contributed by atoms with Crippen LogP contribution in [0.3, 0.4) is 0 Å². The first-order chi connectivity index (χ1) is 15.8. The first-order valence-electron chi connectivity index (χ1n) is 11.4. The molecule has 1 N–H and O–H groups in total. The second kappa shape index (κ2) is 10.1. The Hall–Kier alpha value is -2.67. The molecule has 0 radical (unpaired) electrons. The van der Waals surface area contributed by atoms with E-state index in [0.717, 1.165) is 61.5 Å². The molecule has 1 fully saturated rings. The number of imide groups is 1. The van der Waals surface area contributed by atoms with Gasteiger partial charge in [-0.25, -0.2) is 0 Å². The number of amides is 2. The minimum Gasteiger partial charge on any atom is -0.379 e. The molecule has 2 aromatic carbocycles. The van der Waals surface area contributed by atoms with Gasteiger partial charge in [-0.3, -0.25) is 19.4 Å². The lowest BCUT2D eigenvalue weighted by Gasteiger charge is -2.27. The fourth-order valence-electron chi connectivity index (χ4n) is 4.33. The molecule has 0 spiro atoms. The molecule has 2 aliphatic rings. The summed E-state index contributed by atoms with van der Waals surface area (Å²) < 4.78 is 5.40. The average Bonchev–Trinajstić information content (AvgIpc) is 3.01. The number of nitrogens with zero attached hydrogens (tertiary/aromatic N) is 2. The van der Waals surface area contributed by atoms with Gasteiger partial charge in [0.25, 0.3) is 11.8 Å². The summed E-state index contributed by atoms with van der Waals surface area (Å²) in [5.74, 6) is -0.553. The Kier molecular flexibility index (Phi) is 7.17. The molecule has 0 unspecified atom stereocenters. The van der Waals surface area contributed by atoms with Crippen LogP contribution in [0.5, 0.6) is 0 Å². The molecule has 6 nitrogen and oxygen atoms in total. The van der Waals surface area contributed by atoms with E-state index < -0.39 is 0 Å². The van der Waals surface area contributed by atoms with Crippen LogP contribution in [-0.4, -0.2) is 61.0 Å². The molecule has 2 heterocycles. The minimum atomic E-state index is -0.298. The van der Waals surface area contributed by atoms with Gasteiger partial charge >= 0.3 is 0 Å². The fourth-order valence-corrected chi connectivity index (χ4v) is 4.51. The summed E-state index contributed by atoms with van der Waals surface area (Å²) in [5.41, 5.74) is 5.19. The number of aryl methyl sites for hydroxylation is 3. The molecule has 7 heteroatoms. The van der Waals surface area contributed by atoms with Gasteiger partial charge in [0.1, 0.15) is 5.70 Å². The Balaban J connectivity index is 1.61. The summed E-state index contributed by atoms with van der Waals surface area (Å²) in [6.45, 7) is 10.3. The number of carbonyl (C=O) groups is 2. The van der Waals surface area contributed by atoms with Crippen molar-refractivity contribution in [2.24, 2.45) is 0 Å². The number of anilines is 1. The summed E-state index contributed by atoms with van der Waals surface area (Å²) in [6, 6.07) is 11.5. The van der Waals surface area contributed by atoms with Crippen LogP contribution in [0, 0.1) is 20.8 Å². The second-order valence-corrected chi connectivity index (χ2v) is 9.13. The zero-order valence-electron chi connectivity index (χ0n) is 19.4. The SMILES string of the molecule is Cc1ccc(C2=C(Nc3ccc(C)c(Cl)c3)C(=O)N(CCCN3CCOCC3)C2=O)c(C)c1. The number of ether oxygens (including phenoxy) is 1. The molecule has 2 aromatic rings. The van der Waals surface area contributed by atoms with Crippen molar-refractivity contribution in [2.75, 3.05) is 44.7 Å². The monoisotopic (exact) mass is 467 g/mol. The second-order valence-electron chi connectivity index (χ2n) is 8.73. The predicted octanol–water partition coefficient (Wildman–Crippen LogP) is 4.18. The molecule has 2 aliphatic heterocycles. The van der Waals surface area contributed by atoms with E-state index >= 15 is 0 Å². The number of nitrogens with one attached hydrogen (secondary N) is 1. The highest BCUT2D eigenvalue weighted by Gasteiger charge is 2.39. The van der Waals surface area contributed by atoms with E-state index in [9.17, 15) is 9.59 Å². The molecule has 0 saturated carbocycles. The van der Waals surface area contributed by atoms with Gasteiger partial charge in [-0.15, -0.1) is 0 Å². The minimum absolute atomic E-state index is 0.255. The third-order valence-corrected chi connectivity index (χ3v) is 6.63. The number of halogens is 1. The smallest absolute Gasteiger partial charge is 0.278 e. The van der Waals surface area contributed by atoms with E-state index in [-0.39, 0.29) is 11.8 Å². The maximum Gasteiger partial charge on any atom is 0.278 e. The lowest BCUT2D eigenvalue weighted by molar-refractivity contribution is -0.136. The molecule has 0 aromatic heterocycles. The molecular weight excluding hydrogens is 438 g/mol. The Labute approximate surface area is 200 Å². The molecule has 174 valence electrons. The van der Waals surface area contributed by atoms with Crippen LogP contribution in [0.25, 0.3) is 5.57 Å². The van der Waals surface area contributed by atoms with Crippen LogP contribution in [0.2, 0.25) is 5.02 Å². The van der Waals surface area contributed by atoms with Gasteiger partial charge in [-0.05, 0) is 56.0 Å². The van der Waals surface area contributed by atoms with Gasteiger partial charge in [0.05, 0.1) is 18.8 Å². The van der Waals surface area contributed by atoms with Gasteiger partial charge in [0.2, 0.25) is 0 Å². The van der Waals surface area contributed by atoms with Crippen LogP contribution in [0.15, 0.2) is 42.1 Å². The van der Waals surface area contributed by atoms with Crippen molar-refractivity contribution >= 4 is 34.7 Å². The van der Waals surface area contributed by atoms with E-state index in [1.54, 1.807) is 6.07 Å². The van der Waals surface area contributed by atoms with Crippen molar-refractivity contribution in [3.05, 3.63) is 69.4 Å². The standard InChI is InChI=1S/C26H30ClN3O3/c1-17-5-8-21(19(3)15-17)23-24(28-20-7-6-18(2)22(27)16-20)26(32)30(25(23)31)10-4-9-29-11-13-33-14-12-29/h5-8,15-16,28H,4,9-14H2,1-3H3. The van der Waals surface area contributed by atoms with Crippen molar-refractivity contribution in [2.45, 2.75) is 27.2 Å². The predicted molar refractivity (Wildman–Crippen MR) is 131 cm³/mol. The Morgan fingerprint density at radius 3 is 2.39 bits per heavy atom. The van der Waals surface area contributed by atoms with Crippen molar-refractivity contribution in [3.63, 3.8) is 0 Å². The van der Waals surface area contributed by atoms with Gasteiger partial charge in [0.15, 0.2) is 0 Å². The summed E-state index contributed by atoms with van der Waals surface area (Å²) in [6.07, 6.45) is 0.723. The summed E-state index contributed by atoms with van der Waals surface area (Å²) in [5, 5.41) is 3.81. The van der Waals surface area contributed by atoms with Crippen LogP contribution in [0.1, 0.15) is 28.7 Å². The van der Waals surface area contributed by atoms with E-state index in [1.165, 1.54) is 4.90 Å². The van der Waals surface area contributed by atoms with Crippen LogP contribution in [0.4, 0.5) is 5.69 Å². The lowest BCUT2D eigenvalue weighted by Crippen LogP contribution is -2.39. The number of rotatable bonds is 7. The van der Waals surface area contributed by atoms with Crippen molar-refractivity contribution < 1.29 is 14.3 Å². The van der Waals surface area contributed by atoms with Gasteiger partial charge < -0.3 is 10.1 Å². The molecular formula is C26H30ClN3O3. The Bertz CT molecular complexity index is 1110. The lowest BCUT2D eigenvalue weighted by atomic mass is 9.97. The maximum absolute atomic E-state index is 13.5. The van der Waals surface area contributed by atoms with E-state index in [4.69, 9.17) is 16.3 Å². The van der Waals surface area contributed by atoms with E-state index in [1.807, 2.05) is 51.1 Å². The zero-order chi connectivity index (χ0) is 23.5. The molecule has 0 atom stereocenters. The summed E-state index contributed by atoms with van der Waals surface area (Å²) >= 11 is 6.30. The first-order valence-corrected chi connectivity index (χ1v) is 11.7. The maximum atomic E-state index is 13.5. The number of hydrogen-bond acceptors (Lipinski definition) is 5.